The smallest absolute Gasteiger partial charge is 0.131 e. The molecule has 1 heterocycles. The normalized spacial score (nSPS) is 15.1. The van der Waals surface area contributed by atoms with Gasteiger partial charge in [0.05, 0.1) is 11.8 Å². The van der Waals surface area contributed by atoms with Gasteiger partial charge in [-0.2, -0.15) is 5.10 Å². The van der Waals surface area contributed by atoms with Gasteiger partial charge in [-0.15, -0.1) is 0 Å². The van der Waals surface area contributed by atoms with Crippen molar-refractivity contribution >= 4 is 11.6 Å². The Morgan fingerprint density at radius 3 is 2.56 bits per heavy atom. The van der Waals surface area contributed by atoms with E-state index in [9.17, 15) is 5.11 Å². The van der Waals surface area contributed by atoms with Crippen LogP contribution in [-0.4, -0.2) is 27.0 Å². The van der Waals surface area contributed by atoms with Crippen LogP contribution in [-0.2, 0) is 13.6 Å². The number of nitrogens with one attached hydrogen (secondary N) is 1. The van der Waals surface area contributed by atoms with Gasteiger partial charge < -0.3 is 10.4 Å². The summed E-state index contributed by atoms with van der Waals surface area (Å²) >= 11 is 6.11. The molecule has 4 nitrogen and oxygen atoms in total. The minimum absolute atomic E-state index is 0.260. The number of aliphatic hydroxyl groups excluding tert-OH is 1. The molecule has 0 aliphatic carbocycles. The van der Waals surface area contributed by atoms with Gasteiger partial charge in [-0.3, -0.25) is 4.68 Å². The van der Waals surface area contributed by atoms with Gasteiger partial charge in [0.25, 0.3) is 0 Å². The lowest BCUT2D eigenvalue weighted by atomic mass is 10.1. The van der Waals surface area contributed by atoms with Crippen molar-refractivity contribution in [2.45, 2.75) is 45.9 Å². The van der Waals surface area contributed by atoms with Crippen LogP contribution in [0.1, 0.15) is 31.5 Å². The van der Waals surface area contributed by atoms with E-state index >= 15 is 0 Å². The van der Waals surface area contributed by atoms with Crippen LogP contribution >= 0.6 is 11.6 Å². The molecule has 0 radical (unpaired) electrons. The Morgan fingerprint density at radius 2 is 2.12 bits per heavy atom. The molecule has 2 N–H and O–H groups in total. The summed E-state index contributed by atoms with van der Waals surface area (Å²) in [6.07, 6.45) is 0.449. The summed E-state index contributed by atoms with van der Waals surface area (Å²) in [7, 11) is 1.83. The zero-order valence-electron chi connectivity index (χ0n) is 10.3. The summed E-state index contributed by atoms with van der Waals surface area (Å²) in [6, 6.07) is 0.260. The van der Waals surface area contributed by atoms with Gasteiger partial charge in [0.2, 0.25) is 0 Å². The summed E-state index contributed by atoms with van der Waals surface area (Å²) in [6.45, 7) is 6.47. The standard InChI is InChI=1S/C11H20ClN3O/c1-7(5-8(2)16)13-6-10-9(3)14-15(4)11(10)12/h7-8,13,16H,5-6H2,1-4H3. The van der Waals surface area contributed by atoms with Crippen molar-refractivity contribution in [3.63, 3.8) is 0 Å². The number of nitrogens with zero attached hydrogens (tertiary/aromatic N) is 2. The van der Waals surface area contributed by atoms with Crippen LogP contribution in [0.5, 0.6) is 0 Å². The van der Waals surface area contributed by atoms with Crippen LogP contribution in [0.15, 0.2) is 0 Å². The third kappa shape index (κ3) is 3.47. The number of hydrogen-bond acceptors (Lipinski definition) is 3. The van der Waals surface area contributed by atoms with E-state index in [-0.39, 0.29) is 12.1 Å². The summed E-state index contributed by atoms with van der Waals surface area (Å²) in [5.41, 5.74) is 1.98. The molecule has 2 atom stereocenters. The first-order valence-electron chi connectivity index (χ1n) is 5.51. The topological polar surface area (TPSA) is 50.1 Å². The number of aryl methyl sites for hydroxylation is 2. The van der Waals surface area contributed by atoms with E-state index in [0.29, 0.717) is 11.7 Å². The second-order valence-corrected chi connectivity index (χ2v) is 4.70. The molecule has 16 heavy (non-hydrogen) atoms. The van der Waals surface area contributed by atoms with E-state index in [0.717, 1.165) is 17.7 Å². The Bertz CT molecular complexity index is 349. The molecule has 0 amide bonds. The highest BCUT2D eigenvalue weighted by molar-refractivity contribution is 6.30. The van der Waals surface area contributed by atoms with Crippen molar-refractivity contribution in [1.29, 1.82) is 0 Å². The Hall–Kier alpha value is -0.580. The van der Waals surface area contributed by atoms with Gasteiger partial charge >= 0.3 is 0 Å². The highest BCUT2D eigenvalue weighted by Gasteiger charge is 2.12. The van der Waals surface area contributed by atoms with Crippen LogP contribution in [0.25, 0.3) is 0 Å². The summed E-state index contributed by atoms with van der Waals surface area (Å²) in [5, 5.41) is 17.5. The molecule has 92 valence electrons. The van der Waals surface area contributed by atoms with Crippen molar-refractivity contribution in [2.75, 3.05) is 0 Å². The Morgan fingerprint density at radius 1 is 1.50 bits per heavy atom. The maximum Gasteiger partial charge on any atom is 0.131 e. The molecule has 0 aliphatic heterocycles. The number of rotatable bonds is 5. The Balaban J connectivity index is 2.54. The van der Waals surface area contributed by atoms with Crippen molar-refractivity contribution in [1.82, 2.24) is 15.1 Å². The van der Waals surface area contributed by atoms with E-state index in [4.69, 9.17) is 11.6 Å². The third-order valence-electron chi connectivity index (χ3n) is 2.59. The van der Waals surface area contributed by atoms with Gasteiger partial charge in [-0.05, 0) is 27.2 Å². The number of aromatic nitrogens is 2. The van der Waals surface area contributed by atoms with Crippen molar-refractivity contribution in [2.24, 2.45) is 7.05 Å². The van der Waals surface area contributed by atoms with Crippen LogP contribution < -0.4 is 5.32 Å². The van der Waals surface area contributed by atoms with E-state index < -0.39 is 0 Å². The maximum atomic E-state index is 9.25. The molecular weight excluding hydrogens is 226 g/mol. The van der Waals surface area contributed by atoms with E-state index in [1.54, 1.807) is 11.6 Å². The average molecular weight is 246 g/mol. The zero-order valence-corrected chi connectivity index (χ0v) is 11.0. The van der Waals surface area contributed by atoms with Gasteiger partial charge in [0.1, 0.15) is 5.15 Å². The molecule has 1 aromatic rings. The fourth-order valence-corrected chi connectivity index (χ4v) is 1.99. The molecule has 0 aliphatic rings. The average Bonchev–Trinajstić information content (AvgIpc) is 2.38. The summed E-state index contributed by atoms with van der Waals surface area (Å²) in [4.78, 5) is 0. The van der Waals surface area contributed by atoms with Crippen LogP contribution in [0.2, 0.25) is 5.15 Å². The second kappa shape index (κ2) is 5.66. The van der Waals surface area contributed by atoms with E-state index in [1.807, 2.05) is 20.9 Å². The fraction of sp³-hybridized carbons (Fsp3) is 0.727. The molecule has 0 fully saturated rings. The SMILES string of the molecule is Cc1nn(C)c(Cl)c1CNC(C)CC(C)O. The predicted octanol–water partition coefficient (Wildman–Crippen LogP) is 1.63. The molecule has 0 aromatic carbocycles. The first-order valence-corrected chi connectivity index (χ1v) is 5.89. The largest absolute Gasteiger partial charge is 0.393 e. The minimum atomic E-state index is -0.284. The Labute approximate surface area is 102 Å². The molecule has 0 bridgehead atoms. The van der Waals surface area contributed by atoms with E-state index in [2.05, 4.69) is 10.4 Å². The quantitative estimate of drug-likeness (QED) is 0.829. The summed E-state index contributed by atoms with van der Waals surface area (Å²) in [5.74, 6) is 0. The fourth-order valence-electron chi connectivity index (χ4n) is 1.75. The monoisotopic (exact) mass is 245 g/mol. The molecule has 2 unspecified atom stereocenters. The van der Waals surface area contributed by atoms with Gasteiger partial charge in [-0.25, -0.2) is 0 Å². The summed E-state index contributed by atoms with van der Waals surface area (Å²) < 4.78 is 1.67. The van der Waals surface area contributed by atoms with E-state index in [1.165, 1.54) is 0 Å². The first-order chi connectivity index (χ1) is 7.41. The number of hydrogen-bond donors (Lipinski definition) is 2. The second-order valence-electron chi connectivity index (χ2n) is 4.35. The maximum absolute atomic E-state index is 9.25. The number of aliphatic hydroxyl groups is 1. The highest BCUT2D eigenvalue weighted by Crippen LogP contribution is 2.18. The van der Waals surface area contributed by atoms with Crippen molar-refractivity contribution in [3.05, 3.63) is 16.4 Å². The molecule has 0 saturated heterocycles. The van der Waals surface area contributed by atoms with Crippen LogP contribution in [0.4, 0.5) is 0 Å². The van der Waals surface area contributed by atoms with Gasteiger partial charge in [-0.1, -0.05) is 11.6 Å². The lowest BCUT2D eigenvalue weighted by Crippen LogP contribution is -2.28. The molecular formula is C11H20ClN3O. The van der Waals surface area contributed by atoms with Crippen molar-refractivity contribution in [3.8, 4) is 0 Å². The van der Waals surface area contributed by atoms with Gasteiger partial charge in [0, 0.05) is 25.2 Å². The molecule has 1 aromatic heterocycles. The first kappa shape index (κ1) is 13.5. The molecule has 1 rings (SSSR count). The lowest BCUT2D eigenvalue weighted by Gasteiger charge is -2.15. The third-order valence-corrected chi connectivity index (χ3v) is 3.06. The molecule has 5 heteroatoms. The predicted molar refractivity (Wildman–Crippen MR) is 65.6 cm³/mol. The lowest BCUT2D eigenvalue weighted by molar-refractivity contribution is 0.170. The zero-order chi connectivity index (χ0) is 12.3. The highest BCUT2D eigenvalue weighted by atomic mass is 35.5. The van der Waals surface area contributed by atoms with Crippen molar-refractivity contribution < 1.29 is 5.11 Å². The van der Waals surface area contributed by atoms with Gasteiger partial charge in [0.15, 0.2) is 0 Å². The van der Waals surface area contributed by atoms with Crippen LogP contribution in [0, 0.1) is 6.92 Å². The minimum Gasteiger partial charge on any atom is -0.393 e. The van der Waals surface area contributed by atoms with Crippen LogP contribution in [0.3, 0.4) is 0 Å². The molecule has 0 spiro atoms. The molecule has 0 saturated carbocycles. The Kier molecular flexibility index (Phi) is 4.77. The number of halogens is 1.